The van der Waals surface area contributed by atoms with Gasteiger partial charge in [0.15, 0.2) is 0 Å². The molecule has 2 aliphatic rings. The van der Waals surface area contributed by atoms with E-state index in [1.54, 1.807) is 0 Å². The molecule has 2 unspecified atom stereocenters. The molecule has 1 saturated carbocycles. The van der Waals surface area contributed by atoms with E-state index >= 15 is 0 Å². The molecule has 0 aromatic heterocycles. The molecule has 0 radical (unpaired) electrons. The molecule has 0 aromatic rings. The summed E-state index contributed by atoms with van der Waals surface area (Å²) >= 11 is 0. The van der Waals surface area contributed by atoms with Gasteiger partial charge in [-0.1, -0.05) is 18.6 Å². The summed E-state index contributed by atoms with van der Waals surface area (Å²) in [6.45, 7) is 3.97. The van der Waals surface area contributed by atoms with Gasteiger partial charge in [0.2, 0.25) is 0 Å². The fourth-order valence-electron chi connectivity index (χ4n) is 1.85. The Labute approximate surface area is 77.2 Å². The molecule has 1 aliphatic carbocycles. The third-order valence-corrected chi connectivity index (χ3v) is 2.96. The normalized spacial score (nSPS) is 40.7. The van der Waals surface area contributed by atoms with Crippen LogP contribution in [0.25, 0.3) is 0 Å². The summed E-state index contributed by atoms with van der Waals surface area (Å²) in [5.74, 6) is -2.41. The van der Waals surface area contributed by atoms with Crippen molar-refractivity contribution in [1.82, 2.24) is 5.32 Å². The molecule has 2 fully saturated rings. The summed E-state index contributed by atoms with van der Waals surface area (Å²) in [5.41, 5.74) is 1.22. The van der Waals surface area contributed by atoms with E-state index < -0.39 is 11.8 Å². The number of allylic oxidation sites excluding steroid dienone is 1. The predicted molar refractivity (Wildman–Crippen MR) is 47.8 cm³/mol. The van der Waals surface area contributed by atoms with Crippen molar-refractivity contribution in [1.29, 1.82) is 0 Å². The van der Waals surface area contributed by atoms with Crippen LogP contribution in [-0.2, 0) is 0 Å². The van der Waals surface area contributed by atoms with Crippen LogP contribution in [0, 0.1) is 11.8 Å². The van der Waals surface area contributed by atoms with E-state index in [1.165, 1.54) is 5.57 Å². The Kier molecular flexibility index (Phi) is 2.14. The lowest BCUT2D eigenvalue weighted by Crippen LogP contribution is -2.30. The molecule has 0 aromatic carbocycles. The molecule has 1 N–H and O–H groups in total. The smallest absolute Gasteiger partial charge is 0.255 e. The SMILES string of the molecule is CC1CNCC/C1=C\C1CC1(F)F. The Morgan fingerprint density at radius 2 is 2.23 bits per heavy atom. The van der Waals surface area contributed by atoms with Crippen LogP contribution < -0.4 is 5.32 Å². The van der Waals surface area contributed by atoms with Gasteiger partial charge in [-0.25, -0.2) is 8.78 Å². The maximum Gasteiger partial charge on any atom is 0.255 e. The number of rotatable bonds is 1. The van der Waals surface area contributed by atoms with Gasteiger partial charge >= 0.3 is 0 Å². The zero-order valence-electron chi connectivity index (χ0n) is 7.82. The molecular weight excluding hydrogens is 172 g/mol. The molecule has 74 valence electrons. The number of piperidine rings is 1. The third kappa shape index (κ3) is 1.90. The van der Waals surface area contributed by atoms with Crippen LogP contribution in [0.2, 0.25) is 0 Å². The maximum atomic E-state index is 12.6. The Morgan fingerprint density at radius 1 is 1.54 bits per heavy atom. The van der Waals surface area contributed by atoms with Crippen LogP contribution in [0.3, 0.4) is 0 Å². The summed E-state index contributed by atoms with van der Waals surface area (Å²) in [6, 6.07) is 0. The Morgan fingerprint density at radius 3 is 2.77 bits per heavy atom. The quantitative estimate of drug-likeness (QED) is 0.620. The lowest BCUT2D eigenvalue weighted by atomic mass is 9.93. The average molecular weight is 187 g/mol. The van der Waals surface area contributed by atoms with Gasteiger partial charge in [0.05, 0.1) is 0 Å². The summed E-state index contributed by atoms with van der Waals surface area (Å²) in [5, 5.41) is 3.25. The molecule has 0 amide bonds. The second-order valence-electron chi connectivity index (χ2n) is 4.17. The Bertz CT molecular complexity index is 235. The van der Waals surface area contributed by atoms with Crippen molar-refractivity contribution in [3.05, 3.63) is 11.6 Å². The lowest BCUT2D eigenvalue weighted by molar-refractivity contribution is 0.107. The van der Waals surface area contributed by atoms with Gasteiger partial charge in [0, 0.05) is 18.9 Å². The van der Waals surface area contributed by atoms with Crippen molar-refractivity contribution in [3.63, 3.8) is 0 Å². The summed E-state index contributed by atoms with van der Waals surface area (Å²) in [6.07, 6.45) is 2.82. The van der Waals surface area contributed by atoms with E-state index in [0.29, 0.717) is 5.92 Å². The van der Waals surface area contributed by atoms with Gasteiger partial charge in [-0.15, -0.1) is 0 Å². The lowest BCUT2D eigenvalue weighted by Gasteiger charge is -2.22. The van der Waals surface area contributed by atoms with E-state index in [0.717, 1.165) is 19.5 Å². The summed E-state index contributed by atoms with van der Waals surface area (Å²) < 4.78 is 25.2. The van der Waals surface area contributed by atoms with E-state index in [1.807, 2.05) is 6.08 Å². The van der Waals surface area contributed by atoms with Gasteiger partial charge in [-0.2, -0.15) is 0 Å². The van der Waals surface area contributed by atoms with Gasteiger partial charge in [0.25, 0.3) is 5.92 Å². The first kappa shape index (κ1) is 9.13. The average Bonchev–Trinajstić information content (AvgIpc) is 2.64. The molecule has 0 bridgehead atoms. The molecule has 1 heterocycles. The van der Waals surface area contributed by atoms with Crippen molar-refractivity contribution in [2.75, 3.05) is 13.1 Å². The van der Waals surface area contributed by atoms with E-state index in [-0.39, 0.29) is 6.42 Å². The monoisotopic (exact) mass is 187 g/mol. The minimum absolute atomic E-state index is 0.0661. The van der Waals surface area contributed by atoms with Crippen molar-refractivity contribution in [2.45, 2.75) is 25.7 Å². The molecule has 0 spiro atoms. The minimum Gasteiger partial charge on any atom is -0.316 e. The first-order valence-electron chi connectivity index (χ1n) is 4.89. The number of alkyl halides is 2. The molecular formula is C10H15F2N. The van der Waals surface area contributed by atoms with Crippen LogP contribution >= 0.6 is 0 Å². The maximum absolute atomic E-state index is 12.6. The second kappa shape index (κ2) is 3.05. The zero-order chi connectivity index (χ0) is 9.47. The van der Waals surface area contributed by atoms with Crippen LogP contribution in [0.5, 0.6) is 0 Å². The highest BCUT2D eigenvalue weighted by atomic mass is 19.3. The van der Waals surface area contributed by atoms with E-state index in [2.05, 4.69) is 12.2 Å². The highest BCUT2D eigenvalue weighted by Gasteiger charge is 2.55. The Balaban J connectivity index is 1.99. The number of halogens is 2. The van der Waals surface area contributed by atoms with Gasteiger partial charge in [0.1, 0.15) is 0 Å². The standard InChI is InChI=1S/C10H15F2N/c1-7-6-13-3-2-8(7)4-9-5-10(9,11)12/h4,7,9,13H,2-3,5-6H2,1H3/b8-4+. The highest BCUT2D eigenvalue weighted by Crippen LogP contribution is 2.50. The minimum atomic E-state index is -2.39. The van der Waals surface area contributed by atoms with Crippen LogP contribution in [0.1, 0.15) is 19.8 Å². The van der Waals surface area contributed by atoms with E-state index in [9.17, 15) is 8.78 Å². The molecule has 2 rings (SSSR count). The van der Waals surface area contributed by atoms with Gasteiger partial charge < -0.3 is 5.32 Å². The van der Waals surface area contributed by atoms with E-state index in [4.69, 9.17) is 0 Å². The predicted octanol–water partition coefficient (Wildman–Crippen LogP) is 2.20. The van der Waals surface area contributed by atoms with Gasteiger partial charge in [-0.3, -0.25) is 0 Å². The molecule has 1 aliphatic heterocycles. The summed E-state index contributed by atoms with van der Waals surface area (Å²) in [7, 11) is 0. The largest absolute Gasteiger partial charge is 0.316 e. The number of hydrogen-bond donors (Lipinski definition) is 1. The van der Waals surface area contributed by atoms with Crippen molar-refractivity contribution in [3.8, 4) is 0 Å². The fourth-order valence-corrected chi connectivity index (χ4v) is 1.85. The molecule has 1 nitrogen and oxygen atoms in total. The molecule has 1 saturated heterocycles. The van der Waals surface area contributed by atoms with Crippen molar-refractivity contribution in [2.24, 2.45) is 11.8 Å². The first-order chi connectivity index (χ1) is 6.09. The summed E-state index contributed by atoms with van der Waals surface area (Å²) in [4.78, 5) is 0. The third-order valence-electron chi connectivity index (χ3n) is 2.96. The zero-order valence-corrected chi connectivity index (χ0v) is 7.82. The molecule has 13 heavy (non-hydrogen) atoms. The highest BCUT2D eigenvalue weighted by molar-refractivity contribution is 5.18. The molecule has 3 heteroatoms. The van der Waals surface area contributed by atoms with Crippen molar-refractivity contribution >= 4 is 0 Å². The first-order valence-corrected chi connectivity index (χ1v) is 4.89. The molecule has 2 atom stereocenters. The number of nitrogens with one attached hydrogen (secondary N) is 1. The Hall–Kier alpha value is -0.440. The van der Waals surface area contributed by atoms with Crippen molar-refractivity contribution < 1.29 is 8.78 Å². The van der Waals surface area contributed by atoms with Crippen LogP contribution in [0.15, 0.2) is 11.6 Å². The van der Waals surface area contributed by atoms with Gasteiger partial charge in [-0.05, 0) is 18.9 Å². The second-order valence-corrected chi connectivity index (χ2v) is 4.17. The van der Waals surface area contributed by atoms with Crippen LogP contribution in [-0.4, -0.2) is 19.0 Å². The number of hydrogen-bond acceptors (Lipinski definition) is 1. The fraction of sp³-hybridized carbons (Fsp3) is 0.800. The topological polar surface area (TPSA) is 12.0 Å². The van der Waals surface area contributed by atoms with Crippen LogP contribution in [0.4, 0.5) is 8.78 Å².